The number of Topliss-reactive ketones (excluding diaryl/α,β-unsaturated/α-hetero) is 1. The van der Waals surface area contributed by atoms with Crippen LogP contribution in [0.5, 0.6) is 0 Å². The van der Waals surface area contributed by atoms with Gasteiger partial charge in [0.15, 0.2) is 0 Å². The minimum atomic E-state index is -1.21. The first-order chi connectivity index (χ1) is 15.4. The number of nitrogens with zero attached hydrogens (tertiary/aromatic N) is 1. The van der Waals surface area contributed by atoms with Gasteiger partial charge >= 0.3 is 5.97 Å². The molecular formula is C26H39NO5S. The Bertz CT molecular complexity index is 872. The number of ether oxygens (including phenoxy) is 1. The summed E-state index contributed by atoms with van der Waals surface area (Å²) in [6.07, 6.45) is 6.28. The molecule has 6 nitrogen and oxygen atoms in total. The van der Waals surface area contributed by atoms with Crippen molar-refractivity contribution >= 4 is 29.2 Å². The van der Waals surface area contributed by atoms with Crippen molar-refractivity contribution in [3.8, 4) is 0 Å². The number of aryl methyl sites for hydroxylation is 1. The zero-order valence-corrected chi connectivity index (χ0v) is 21.5. The lowest BCUT2D eigenvalue weighted by molar-refractivity contribution is -0.154. The maximum absolute atomic E-state index is 13.1. The van der Waals surface area contributed by atoms with Crippen LogP contribution in [0.25, 0.3) is 6.08 Å². The maximum Gasteiger partial charge on any atom is 0.309 e. The third-order valence-electron chi connectivity index (χ3n) is 6.68. The van der Waals surface area contributed by atoms with Gasteiger partial charge in [0.25, 0.3) is 0 Å². The maximum atomic E-state index is 13.1. The Kier molecular flexibility index (Phi) is 10.0. The number of allylic oxidation sites excluding steroid dienone is 1. The first-order valence-corrected chi connectivity index (χ1v) is 12.7. The van der Waals surface area contributed by atoms with Gasteiger partial charge in [-0.05, 0) is 50.7 Å². The van der Waals surface area contributed by atoms with Crippen LogP contribution in [0.3, 0.4) is 0 Å². The van der Waals surface area contributed by atoms with Crippen LogP contribution in [-0.4, -0.2) is 45.3 Å². The molecule has 0 bridgehead atoms. The van der Waals surface area contributed by atoms with Gasteiger partial charge < -0.3 is 14.9 Å². The molecule has 0 radical (unpaired) electrons. The van der Waals surface area contributed by atoms with E-state index in [0.29, 0.717) is 6.42 Å². The second-order valence-corrected chi connectivity index (χ2v) is 10.9. The van der Waals surface area contributed by atoms with E-state index in [1.165, 1.54) is 0 Å². The van der Waals surface area contributed by atoms with E-state index in [9.17, 15) is 19.8 Å². The van der Waals surface area contributed by atoms with Gasteiger partial charge in [0.05, 0.1) is 34.7 Å². The number of aromatic nitrogens is 1. The predicted octanol–water partition coefficient (Wildman–Crippen LogP) is 4.88. The number of esters is 1. The molecule has 0 saturated heterocycles. The number of carbonyl (C=O) groups is 2. The Morgan fingerprint density at radius 3 is 2.58 bits per heavy atom. The van der Waals surface area contributed by atoms with Gasteiger partial charge in [-0.1, -0.05) is 39.8 Å². The van der Waals surface area contributed by atoms with Crippen LogP contribution >= 0.6 is 11.3 Å². The summed E-state index contributed by atoms with van der Waals surface area (Å²) in [5, 5.41) is 24.4. The molecule has 1 aliphatic heterocycles. The van der Waals surface area contributed by atoms with Gasteiger partial charge in [-0.15, -0.1) is 11.3 Å². The van der Waals surface area contributed by atoms with Gasteiger partial charge in [0.1, 0.15) is 11.9 Å². The standard InChI is InChI=1S/C26H39NO5S/c1-16-11-9-7-8-10-12-21(17(2)13-20-15-33-19(4)27-20)32-23(29)14-22(28)26(5,6)25(31)18(3)24(16)30/h8,10,13,15-16,18,21-22,24,28,30H,7,9,11-12,14H2,1-6H3/t16-,18+,21-,22?,24-/m0/s1. The Morgan fingerprint density at radius 1 is 1.24 bits per heavy atom. The summed E-state index contributed by atoms with van der Waals surface area (Å²) in [6, 6.07) is 0. The number of hydrogen-bond acceptors (Lipinski definition) is 7. The molecular weight excluding hydrogens is 438 g/mol. The van der Waals surface area contributed by atoms with E-state index in [1.54, 1.807) is 32.1 Å². The fourth-order valence-electron chi connectivity index (χ4n) is 4.18. The number of cyclic esters (lactones) is 1. The predicted molar refractivity (Wildman–Crippen MR) is 132 cm³/mol. The minimum absolute atomic E-state index is 0.0392. The summed E-state index contributed by atoms with van der Waals surface area (Å²) < 4.78 is 5.75. The highest BCUT2D eigenvalue weighted by atomic mass is 32.1. The zero-order chi connectivity index (χ0) is 24.8. The van der Waals surface area contributed by atoms with E-state index in [0.717, 1.165) is 35.5 Å². The van der Waals surface area contributed by atoms with Gasteiger partial charge in [0.2, 0.25) is 0 Å². The number of aliphatic hydroxyl groups is 2. The van der Waals surface area contributed by atoms with Crippen LogP contribution in [-0.2, 0) is 14.3 Å². The first-order valence-electron chi connectivity index (χ1n) is 11.8. The second-order valence-electron chi connectivity index (χ2n) is 9.86. The molecule has 0 amide bonds. The van der Waals surface area contributed by atoms with E-state index < -0.39 is 35.6 Å². The van der Waals surface area contributed by atoms with Crippen molar-refractivity contribution < 1.29 is 24.5 Å². The molecule has 2 heterocycles. The van der Waals surface area contributed by atoms with Gasteiger partial charge in [-0.2, -0.15) is 0 Å². The molecule has 7 heteroatoms. The molecule has 0 spiro atoms. The molecule has 1 unspecified atom stereocenters. The molecule has 0 saturated carbocycles. The smallest absolute Gasteiger partial charge is 0.309 e. The number of hydrogen-bond donors (Lipinski definition) is 2. The molecule has 2 rings (SSSR count). The average molecular weight is 478 g/mol. The van der Waals surface area contributed by atoms with Gasteiger partial charge in [-0.25, -0.2) is 4.98 Å². The van der Waals surface area contributed by atoms with Crippen LogP contribution in [0.4, 0.5) is 0 Å². The summed E-state index contributed by atoms with van der Waals surface area (Å²) in [4.78, 5) is 30.3. The lowest BCUT2D eigenvalue weighted by Gasteiger charge is -2.34. The highest BCUT2D eigenvalue weighted by molar-refractivity contribution is 7.09. The Labute approximate surface area is 201 Å². The molecule has 184 valence electrons. The van der Waals surface area contributed by atoms with Crippen molar-refractivity contribution in [1.29, 1.82) is 0 Å². The highest BCUT2D eigenvalue weighted by Crippen LogP contribution is 2.32. The average Bonchev–Trinajstić information content (AvgIpc) is 3.16. The van der Waals surface area contributed by atoms with Crippen molar-refractivity contribution in [3.05, 3.63) is 33.8 Å². The third-order valence-corrected chi connectivity index (χ3v) is 7.47. The fourth-order valence-corrected chi connectivity index (χ4v) is 4.75. The van der Waals surface area contributed by atoms with Crippen LogP contribution in [0.1, 0.15) is 77.4 Å². The number of aliphatic hydroxyl groups excluding tert-OH is 2. The van der Waals surface area contributed by atoms with Crippen LogP contribution in [0.15, 0.2) is 23.1 Å². The van der Waals surface area contributed by atoms with Crippen molar-refractivity contribution in [2.75, 3.05) is 0 Å². The molecule has 0 aliphatic carbocycles. The Hall–Kier alpha value is -1.83. The molecule has 1 aromatic heterocycles. The molecule has 5 atom stereocenters. The molecule has 2 N–H and O–H groups in total. The van der Waals surface area contributed by atoms with Gasteiger partial charge in [-0.3, -0.25) is 9.59 Å². The third kappa shape index (κ3) is 7.59. The van der Waals surface area contributed by atoms with E-state index in [1.807, 2.05) is 38.3 Å². The quantitative estimate of drug-likeness (QED) is 0.466. The zero-order valence-electron chi connectivity index (χ0n) is 20.7. The van der Waals surface area contributed by atoms with E-state index in [-0.39, 0.29) is 18.1 Å². The second kappa shape index (κ2) is 12.0. The fraction of sp³-hybridized carbons (Fsp3) is 0.654. The minimum Gasteiger partial charge on any atom is -0.457 e. The molecule has 1 aromatic rings. The Balaban J connectivity index is 2.27. The summed E-state index contributed by atoms with van der Waals surface area (Å²) in [5.41, 5.74) is 0.513. The summed E-state index contributed by atoms with van der Waals surface area (Å²) in [5.74, 6) is -1.48. The van der Waals surface area contributed by atoms with Crippen molar-refractivity contribution in [2.24, 2.45) is 17.3 Å². The number of rotatable bonds is 2. The SMILES string of the molecule is CC(=Cc1csc(C)n1)[C@@H]1CC=CCCC[C@H](C)[C@H](O)[C@@H](C)C(=O)C(C)(C)C(O)CC(=O)O1. The summed E-state index contributed by atoms with van der Waals surface area (Å²) >= 11 is 1.56. The van der Waals surface area contributed by atoms with Crippen molar-refractivity contribution in [3.63, 3.8) is 0 Å². The van der Waals surface area contributed by atoms with Crippen LogP contribution < -0.4 is 0 Å². The number of thiazole rings is 1. The lowest BCUT2D eigenvalue weighted by Crippen LogP contribution is -2.45. The van der Waals surface area contributed by atoms with E-state index >= 15 is 0 Å². The molecule has 33 heavy (non-hydrogen) atoms. The molecule has 0 aromatic carbocycles. The number of ketones is 1. The Morgan fingerprint density at radius 2 is 1.94 bits per heavy atom. The normalized spacial score (nSPS) is 30.8. The van der Waals surface area contributed by atoms with Gasteiger partial charge in [0, 0.05) is 17.7 Å². The van der Waals surface area contributed by atoms with Crippen LogP contribution in [0.2, 0.25) is 0 Å². The highest BCUT2D eigenvalue weighted by Gasteiger charge is 2.42. The first kappa shape index (κ1) is 27.4. The van der Waals surface area contributed by atoms with E-state index in [2.05, 4.69) is 11.1 Å². The monoisotopic (exact) mass is 477 g/mol. The van der Waals surface area contributed by atoms with E-state index in [4.69, 9.17) is 4.74 Å². The summed E-state index contributed by atoms with van der Waals surface area (Å²) in [7, 11) is 0. The van der Waals surface area contributed by atoms with Crippen molar-refractivity contribution in [2.45, 2.75) is 92.0 Å². The van der Waals surface area contributed by atoms with Crippen molar-refractivity contribution in [1.82, 2.24) is 4.98 Å². The molecule has 0 fully saturated rings. The lowest BCUT2D eigenvalue weighted by atomic mass is 9.73. The topological polar surface area (TPSA) is 96.7 Å². The molecule has 1 aliphatic rings. The summed E-state index contributed by atoms with van der Waals surface area (Å²) in [6.45, 7) is 10.8. The number of carbonyl (C=O) groups excluding carboxylic acids is 2. The van der Waals surface area contributed by atoms with Crippen LogP contribution in [0, 0.1) is 24.2 Å². The largest absolute Gasteiger partial charge is 0.457 e.